The second-order valence-electron chi connectivity index (χ2n) is 4.65. The zero-order valence-corrected chi connectivity index (χ0v) is 13.1. The maximum Gasteiger partial charge on any atom is 0.340 e. The highest BCUT2D eigenvalue weighted by Gasteiger charge is 2.13. The number of nitrogen functional groups attached to an aromatic ring is 1. The predicted molar refractivity (Wildman–Crippen MR) is 87.6 cm³/mol. The van der Waals surface area contributed by atoms with Crippen LogP contribution in [0.2, 0.25) is 0 Å². The SMILES string of the molecule is CCOC(=O)c1cccc(SCc2ccccc2C)c1N. The molecule has 0 bridgehead atoms. The lowest BCUT2D eigenvalue weighted by Crippen LogP contribution is -2.08. The van der Waals surface area contributed by atoms with Gasteiger partial charge in [0.1, 0.15) is 0 Å². The van der Waals surface area contributed by atoms with Crippen molar-refractivity contribution in [1.29, 1.82) is 0 Å². The Morgan fingerprint density at radius 2 is 1.95 bits per heavy atom. The summed E-state index contributed by atoms with van der Waals surface area (Å²) in [4.78, 5) is 12.7. The highest BCUT2D eigenvalue weighted by molar-refractivity contribution is 7.98. The van der Waals surface area contributed by atoms with Gasteiger partial charge in [0.2, 0.25) is 0 Å². The van der Waals surface area contributed by atoms with Crippen LogP contribution in [0.15, 0.2) is 47.4 Å². The van der Waals surface area contributed by atoms with E-state index >= 15 is 0 Å². The molecule has 21 heavy (non-hydrogen) atoms. The van der Waals surface area contributed by atoms with Crippen LogP contribution in [0.25, 0.3) is 0 Å². The lowest BCUT2D eigenvalue weighted by atomic mass is 10.1. The van der Waals surface area contributed by atoms with Crippen LogP contribution in [0, 0.1) is 6.92 Å². The average molecular weight is 301 g/mol. The van der Waals surface area contributed by atoms with Crippen molar-refractivity contribution in [2.24, 2.45) is 0 Å². The van der Waals surface area contributed by atoms with E-state index in [1.165, 1.54) is 11.1 Å². The van der Waals surface area contributed by atoms with Gasteiger partial charge in [0.25, 0.3) is 0 Å². The molecule has 0 atom stereocenters. The van der Waals surface area contributed by atoms with Gasteiger partial charge in [-0.3, -0.25) is 0 Å². The molecule has 2 aromatic rings. The highest BCUT2D eigenvalue weighted by atomic mass is 32.2. The minimum absolute atomic E-state index is 0.346. The number of carbonyl (C=O) groups is 1. The minimum Gasteiger partial charge on any atom is -0.462 e. The van der Waals surface area contributed by atoms with Crippen molar-refractivity contribution < 1.29 is 9.53 Å². The third-order valence-electron chi connectivity index (χ3n) is 3.21. The number of thioether (sulfide) groups is 1. The van der Waals surface area contributed by atoms with Gasteiger partial charge in [0.15, 0.2) is 0 Å². The fourth-order valence-corrected chi connectivity index (χ4v) is 3.06. The molecule has 0 saturated carbocycles. The molecule has 0 aliphatic heterocycles. The van der Waals surface area contributed by atoms with E-state index in [2.05, 4.69) is 19.1 Å². The summed E-state index contributed by atoms with van der Waals surface area (Å²) in [7, 11) is 0. The van der Waals surface area contributed by atoms with Gasteiger partial charge < -0.3 is 10.5 Å². The number of para-hydroxylation sites is 1. The molecule has 0 unspecified atom stereocenters. The van der Waals surface area contributed by atoms with Crippen LogP contribution in [-0.2, 0) is 10.5 Å². The van der Waals surface area contributed by atoms with Gasteiger partial charge in [-0.2, -0.15) is 0 Å². The number of hydrogen-bond donors (Lipinski definition) is 1. The second kappa shape index (κ2) is 7.18. The maximum atomic E-state index is 11.8. The first-order valence-electron chi connectivity index (χ1n) is 6.86. The summed E-state index contributed by atoms with van der Waals surface area (Å²) in [5.74, 6) is 0.455. The Hall–Kier alpha value is -1.94. The summed E-state index contributed by atoms with van der Waals surface area (Å²) in [6.07, 6.45) is 0. The molecule has 0 spiro atoms. The Labute approximate surface area is 129 Å². The van der Waals surface area contributed by atoms with E-state index in [1.807, 2.05) is 24.3 Å². The fourth-order valence-electron chi connectivity index (χ4n) is 1.98. The number of carbonyl (C=O) groups excluding carboxylic acids is 1. The molecule has 0 aromatic heterocycles. The number of anilines is 1. The number of aryl methyl sites for hydroxylation is 1. The number of rotatable bonds is 5. The average Bonchev–Trinajstić information content (AvgIpc) is 2.48. The first kappa shape index (κ1) is 15.4. The van der Waals surface area contributed by atoms with Crippen molar-refractivity contribution in [2.75, 3.05) is 12.3 Å². The number of nitrogens with two attached hydrogens (primary N) is 1. The summed E-state index contributed by atoms with van der Waals surface area (Å²) in [5, 5.41) is 0. The van der Waals surface area contributed by atoms with Crippen LogP contribution < -0.4 is 5.73 Å². The molecule has 0 radical (unpaired) electrons. The van der Waals surface area contributed by atoms with Gasteiger partial charge in [0, 0.05) is 10.6 Å². The van der Waals surface area contributed by atoms with Crippen LogP contribution in [0.1, 0.15) is 28.4 Å². The lowest BCUT2D eigenvalue weighted by Gasteiger charge is -2.11. The van der Waals surface area contributed by atoms with Gasteiger partial charge in [-0.05, 0) is 37.1 Å². The Bertz CT molecular complexity index is 640. The largest absolute Gasteiger partial charge is 0.462 e. The molecule has 2 aromatic carbocycles. The van der Waals surface area contributed by atoms with Crippen molar-refractivity contribution in [3.63, 3.8) is 0 Å². The van der Waals surface area contributed by atoms with E-state index in [4.69, 9.17) is 10.5 Å². The summed E-state index contributed by atoms with van der Waals surface area (Å²) in [6.45, 7) is 4.22. The van der Waals surface area contributed by atoms with Crippen molar-refractivity contribution in [2.45, 2.75) is 24.5 Å². The second-order valence-corrected chi connectivity index (χ2v) is 5.67. The Kier molecular flexibility index (Phi) is 5.28. The van der Waals surface area contributed by atoms with E-state index in [0.29, 0.717) is 17.9 Å². The van der Waals surface area contributed by atoms with Crippen molar-refractivity contribution in [1.82, 2.24) is 0 Å². The molecule has 0 amide bonds. The molecular formula is C17H19NO2S. The van der Waals surface area contributed by atoms with Crippen LogP contribution in [0.5, 0.6) is 0 Å². The Morgan fingerprint density at radius 1 is 1.19 bits per heavy atom. The van der Waals surface area contributed by atoms with Gasteiger partial charge in [-0.1, -0.05) is 30.3 Å². The third kappa shape index (κ3) is 3.79. The molecule has 0 fully saturated rings. The smallest absolute Gasteiger partial charge is 0.340 e. The van der Waals surface area contributed by atoms with E-state index in [1.54, 1.807) is 24.8 Å². The Morgan fingerprint density at radius 3 is 2.67 bits per heavy atom. The zero-order chi connectivity index (χ0) is 15.2. The molecule has 0 aliphatic carbocycles. The van der Waals surface area contributed by atoms with Gasteiger partial charge in [-0.25, -0.2) is 4.79 Å². The van der Waals surface area contributed by atoms with Crippen molar-refractivity contribution in [3.8, 4) is 0 Å². The summed E-state index contributed by atoms with van der Waals surface area (Å²) >= 11 is 1.63. The molecule has 0 saturated heterocycles. The van der Waals surface area contributed by atoms with Crippen LogP contribution >= 0.6 is 11.8 Å². The first-order valence-corrected chi connectivity index (χ1v) is 7.85. The van der Waals surface area contributed by atoms with Gasteiger partial charge in [0.05, 0.1) is 17.9 Å². The lowest BCUT2D eigenvalue weighted by molar-refractivity contribution is 0.0527. The standard InChI is InChI=1S/C17H19NO2S/c1-3-20-17(19)14-9-6-10-15(16(14)18)21-11-13-8-5-4-7-12(13)2/h4-10H,3,11,18H2,1-2H3. The first-order chi connectivity index (χ1) is 10.1. The number of hydrogen-bond acceptors (Lipinski definition) is 4. The molecule has 2 N–H and O–H groups in total. The highest BCUT2D eigenvalue weighted by Crippen LogP contribution is 2.31. The monoisotopic (exact) mass is 301 g/mol. The molecular weight excluding hydrogens is 282 g/mol. The Balaban J connectivity index is 2.16. The van der Waals surface area contributed by atoms with E-state index in [-0.39, 0.29) is 5.97 Å². The minimum atomic E-state index is -0.367. The third-order valence-corrected chi connectivity index (χ3v) is 4.33. The topological polar surface area (TPSA) is 52.3 Å². The summed E-state index contributed by atoms with van der Waals surface area (Å²) in [5.41, 5.74) is 9.55. The molecule has 110 valence electrons. The number of benzene rings is 2. The van der Waals surface area contributed by atoms with Crippen molar-refractivity contribution >= 4 is 23.4 Å². The molecule has 3 nitrogen and oxygen atoms in total. The van der Waals surface area contributed by atoms with Crippen LogP contribution in [-0.4, -0.2) is 12.6 Å². The zero-order valence-electron chi connectivity index (χ0n) is 12.3. The quantitative estimate of drug-likeness (QED) is 0.514. The van der Waals surface area contributed by atoms with E-state index in [9.17, 15) is 4.79 Å². The summed E-state index contributed by atoms with van der Waals surface area (Å²) in [6, 6.07) is 13.7. The number of esters is 1. The van der Waals surface area contributed by atoms with E-state index in [0.717, 1.165) is 10.6 Å². The van der Waals surface area contributed by atoms with Crippen LogP contribution in [0.4, 0.5) is 5.69 Å². The fraction of sp³-hybridized carbons (Fsp3) is 0.235. The van der Waals surface area contributed by atoms with Gasteiger partial charge >= 0.3 is 5.97 Å². The van der Waals surface area contributed by atoms with Crippen molar-refractivity contribution in [3.05, 3.63) is 59.2 Å². The van der Waals surface area contributed by atoms with Crippen LogP contribution in [0.3, 0.4) is 0 Å². The molecule has 0 aliphatic rings. The predicted octanol–water partition coefficient (Wildman–Crippen LogP) is 4.05. The summed E-state index contributed by atoms with van der Waals surface area (Å²) < 4.78 is 5.02. The maximum absolute atomic E-state index is 11.8. The van der Waals surface area contributed by atoms with E-state index < -0.39 is 0 Å². The molecule has 4 heteroatoms. The normalized spacial score (nSPS) is 10.4. The number of ether oxygens (including phenoxy) is 1. The molecule has 2 rings (SSSR count). The molecule has 0 heterocycles. The van der Waals surface area contributed by atoms with Gasteiger partial charge in [-0.15, -0.1) is 11.8 Å².